The number of carbonyl (C=O) groups excluding carboxylic acids is 1. The molecular formula is C25H33N3O4. The molecule has 0 aliphatic rings. The highest BCUT2D eigenvalue weighted by Gasteiger charge is 2.16. The van der Waals surface area contributed by atoms with Gasteiger partial charge in [0.05, 0.1) is 30.3 Å². The summed E-state index contributed by atoms with van der Waals surface area (Å²) in [6, 6.07) is 13.8. The predicted molar refractivity (Wildman–Crippen MR) is 124 cm³/mol. The number of aromatic nitrogens is 1. The second kappa shape index (κ2) is 11.5. The Bertz CT molecular complexity index is 895. The van der Waals surface area contributed by atoms with E-state index in [1.807, 2.05) is 71.0 Å². The van der Waals surface area contributed by atoms with Crippen molar-refractivity contribution in [3.8, 4) is 23.1 Å². The highest BCUT2D eigenvalue weighted by Crippen LogP contribution is 2.23. The topological polar surface area (TPSA) is 93.5 Å². The van der Waals surface area contributed by atoms with Gasteiger partial charge in [-0.2, -0.15) is 5.26 Å². The van der Waals surface area contributed by atoms with E-state index in [0.717, 1.165) is 35.5 Å². The van der Waals surface area contributed by atoms with Gasteiger partial charge >= 0.3 is 5.97 Å². The van der Waals surface area contributed by atoms with Gasteiger partial charge in [0.1, 0.15) is 23.5 Å². The molecule has 0 aliphatic heterocycles. The van der Waals surface area contributed by atoms with E-state index in [9.17, 15) is 4.79 Å². The van der Waals surface area contributed by atoms with E-state index in [1.54, 1.807) is 6.20 Å². The van der Waals surface area contributed by atoms with E-state index in [1.165, 1.54) is 0 Å². The Morgan fingerprint density at radius 3 is 2.31 bits per heavy atom. The number of unbranched alkanes of at least 4 members (excludes halogenated alkanes) is 1. The molecule has 0 bridgehead atoms. The fraction of sp³-hybridized carbons (Fsp3) is 0.480. The lowest BCUT2D eigenvalue weighted by atomic mass is 10.1. The molecule has 0 radical (unpaired) electrons. The number of hydrogen-bond acceptors (Lipinski definition) is 7. The van der Waals surface area contributed by atoms with Crippen molar-refractivity contribution in [2.24, 2.45) is 0 Å². The van der Waals surface area contributed by atoms with Crippen molar-refractivity contribution in [1.82, 2.24) is 4.98 Å². The van der Waals surface area contributed by atoms with Crippen molar-refractivity contribution >= 4 is 11.7 Å². The zero-order valence-corrected chi connectivity index (χ0v) is 19.6. The number of ether oxygens (including phenoxy) is 3. The quantitative estimate of drug-likeness (QED) is 0.390. The van der Waals surface area contributed by atoms with Gasteiger partial charge in [0, 0.05) is 12.2 Å². The summed E-state index contributed by atoms with van der Waals surface area (Å²) >= 11 is 0. The van der Waals surface area contributed by atoms with Gasteiger partial charge in [-0.3, -0.25) is 4.98 Å². The molecule has 172 valence electrons. The predicted octanol–water partition coefficient (Wildman–Crippen LogP) is 4.98. The highest BCUT2D eigenvalue weighted by atomic mass is 16.6. The molecule has 7 heteroatoms. The van der Waals surface area contributed by atoms with Gasteiger partial charge in [-0.25, -0.2) is 4.79 Å². The normalized spacial score (nSPS) is 11.5. The van der Waals surface area contributed by atoms with Gasteiger partial charge in [-0.05, 0) is 83.9 Å². The third kappa shape index (κ3) is 9.36. The van der Waals surface area contributed by atoms with Crippen LogP contribution in [0.15, 0.2) is 42.6 Å². The van der Waals surface area contributed by atoms with E-state index >= 15 is 0 Å². The summed E-state index contributed by atoms with van der Waals surface area (Å²) in [6.45, 7) is 10.2. The van der Waals surface area contributed by atoms with Crippen LogP contribution >= 0.6 is 0 Å². The Morgan fingerprint density at radius 2 is 1.72 bits per heavy atom. The average molecular weight is 440 g/mol. The summed E-state index contributed by atoms with van der Waals surface area (Å²) in [6.07, 6.45) is 3.35. The molecule has 0 amide bonds. The van der Waals surface area contributed by atoms with Crippen LogP contribution in [0, 0.1) is 11.3 Å². The van der Waals surface area contributed by atoms with Crippen molar-refractivity contribution in [3.63, 3.8) is 0 Å². The molecule has 32 heavy (non-hydrogen) atoms. The molecule has 0 unspecified atom stereocenters. The number of rotatable bonds is 11. The Balaban J connectivity index is 1.69. The minimum atomic E-state index is -0.646. The number of carbonyl (C=O) groups is 1. The van der Waals surface area contributed by atoms with Crippen LogP contribution in [-0.4, -0.2) is 41.9 Å². The number of anilines is 1. The number of benzene rings is 1. The Morgan fingerprint density at radius 1 is 1.03 bits per heavy atom. The molecule has 0 atom stereocenters. The Kier molecular flexibility index (Phi) is 9.03. The molecule has 0 spiro atoms. The SMILES string of the molecule is CC(C)(C#N)Nc1ccc(-c2ccc(OCCCCOCC(=O)OC(C)(C)C)cc2)nc1. The van der Waals surface area contributed by atoms with Gasteiger partial charge in [-0.1, -0.05) is 0 Å². The van der Waals surface area contributed by atoms with E-state index in [4.69, 9.17) is 19.5 Å². The number of hydrogen-bond donors (Lipinski definition) is 1. The third-order valence-electron chi connectivity index (χ3n) is 4.24. The van der Waals surface area contributed by atoms with Crippen LogP contribution in [0.3, 0.4) is 0 Å². The van der Waals surface area contributed by atoms with Crippen LogP contribution in [0.1, 0.15) is 47.5 Å². The molecule has 0 saturated heterocycles. The van der Waals surface area contributed by atoms with Gasteiger partial charge in [0.15, 0.2) is 0 Å². The Labute approximate surface area is 190 Å². The zero-order chi connectivity index (χ0) is 23.6. The van der Waals surface area contributed by atoms with Gasteiger partial charge < -0.3 is 19.5 Å². The molecule has 1 aromatic heterocycles. The molecule has 1 N–H and O–H groups in total. The summed E-state index contributed by atoms with van der Waals surface area (Å²) in [4.78, 5) is 16.0. The first-order chi connectivity index (χ1) is 15.1. The van der Waals surface area contributed by atoms with Gasteiger partial charge in [0.2, 0.25) is 0 Å². The molecule has 7 nitrogen and oxygen atoms in total. The molecule has 0 fully saturated rings. The lowest BCUT2D eigenvalue weighted by Crippen LogP contribution is -2.28. The molecule has 2 rings (SSSR count). The monoisotopic (exact) mass is 439 g/mol. The maximum Gasteiger partial charge on any atom is 0.332 e. The third-order valence-corrected chi connectivity index (χ3v) is 4.24. The van der Waals surface area contributed by atoms with Crippen molar-refractivity contribution in [3.05, 3.63) is 42.6 Å². The van der Waals surface area contributed by atoms with Crippen LogP contribution in [0.4, 0.5) is 5.69 Å². The van der Waals surface area contributed by atoms with Gasteiger partial charge in [-0.15, -0.1) is 0 Å². The lowest BCUT2D eigenvalue weighted by molar-refractivity contribution is -0.160. The van der Waals surface area contributed by atoms with E-state index < -0.39 is 11.1 Å². The second-order valence-electron chi connectivity index (χ2n) is 9.01. The molecule has 2 aromatic rings. The van der Waals surface area contributed by atoms with Gasteiger partial charge in [0.25, 0.3) is 0 Å². The van der Waals surface area contributed by atoms with Crippen molar-refractivity contribution in [2.45, 2.75) is 58.6 Å². The van der Waals surface area contributed by atoms with Crippen molar-refractivity contribution in [2.75, 3.05) is 25.1 Å². The van der Waals surface area contributed by atoms with Crippen LogP contribution in [0.5, 0.6) is 5.75 Å². The molecular weight excluding hydrogens is 406 g/mol. The maximum absolute atomic E-state index is 11.6. The minimum absolute atomic E-state index is 0.0270. The smallest absolute Gasteiger partial charge is 0.332 e. The van der Waals surface area contributed by atoms with Crippen LogP contribution in [0.2, 0.25) is 0 Å². The first-order valence-electron chi connectivity index (χ1n) is 10.8. The lowest BCUT2D eigenvalue weighted by Gasteiger charge is -2.19. The molecule has 0 saturated carbocycles. The summed E-state index contributed by atoms with van der Waals surface area (Å²) in [5.74, 6) is 0.442. The summed E-state index contributed by atoms with van der Waals surface area (Å²) in [7, 11) is 0. The van der Waals surface area contributed by atoms with E-state index in [-0.39, 0.29) is 12.6 Å². The summed E-state index contributed by atoms with van der Waals surface area (Å²) in [5, 5.41) is 12.3. The number of nitriles is 1. The number of nitrogens with zero attached hydrogens (tertiary/aromatic N) is 2. The van der Waals surface area contributed by atoms with Crippen LogP contribution in [-0.2, 0) is 14.3 Å². The summed E-state index contributed by atoms with van der Waals surface area (Å²) < 4.78 is 16.3. The number of esters is 1. The molecule has 1 heterocycles. The molecule has 1 aromatic carbocycles. The Hall–Kier alpha value is -3.11. The number of pyridine rings is 1. The van der Waals surface area contributed by atoms with Crippen molar-refractivity contribution < 1.29 is 19.0 Å². The maximum atomic E-state index is 11.6. The van der Waals surface area contributed by atoms with Crippen LogP contribution in [0.25, 0.3) is 11.3 Å². The first kappa shape index (κ1) is 25.2. The van der Waals surface area contributed by atoms with Crippen LogP contribution < -0.4 is 10.1 Å². The molecule has 0 aliphatic carbocycles. The number of nitrogens with one attached hydrogen (secondary N) is 1. The summed E-state index contributed by atoms with van der Waals surface area (Å²) in [5.41, 5.74) is 1.50. The minimum Gasteiger partial charge on any atom is -0.494 e. The largest absolute Gasteiger partial charge is 0.494 e. The highest BCUT2D eigenvalue weighted by molar-refractivity contribution is 5.71. The zero-order valence-electron chi connectivity index (χ0n) is 19.6. The van der Waals surface area contributed by atoms with Crippen molar-refractivity contribution in [1.29, 1.82) is 5.26 Å². The second-order valence-corrected chi connectivity index (χ2v) is 9.01. The fourth-order valence-electron chi connectivity index (χ4n) is 2.77. The van der Waals surface area contributed by atoms with E-state index in [0.29, 0.717) is 13.2 Å². The fourth-order valence-corrected chi connectivity index (χ4v) is 2.77. The van der Waals surface area contributed by atoms with E-state index in [2.05, 4.69) is 16.4 Å². The standard InChI is InChI=1S/C25H33N3O4/c1-24(2,3)32-23(29)17-30-14-6-7-15-31-21-11-8-19(9-12-21)22-13-10-20(16-27-22)28-25(4,5)18-26/h8-13,16,28H,6-7,14-15,17H2,1-5H3. The average Bonchev–Trinajstić information content (AvgIpc) is 2.72. The first-order valence-corrected chi connectivity index (χ1v) is 10.8.